The highest BCUT2D eigenvalue weighted by molar-refractivity contribution is 6.33. The molecule has 1 atom stereocenters. The van der Waals surface area contributed by atoms with Crippen LogP contribution in [0.4, 0.5) is 15.8 Å². The lowest BCUT2D eigenvalue weighted by Crippen LogP contribution is -2.19. The highest BCUT2D eigenvalue weighted by Crippen LogP contribution is 2.35. The Balaban J connectivity index is 1.94. The van der Waals surface area contributed by atoms with Gasteiger partial charge in [0, 0.05) is 11.3 Å². The third-order valence-corrected chi connectivity index (χ3v) is 3.58. The molecule has 0 saturated heterocycles. The molecule has 2 N–H and O–H groups in total. The maximum atomic E-state index is 13.2. The number of halogens is 2. The predicted octanol–water partition coefficient (Wildman–Crippen LogP) is 3.89. The number of nitrogens with one attached hydrogen (secondary N) is 2. The minimum Gasteiger partial charge on any atom is -0.369 e. The standard InChI is InChI=1S/C15H12ClFN2O/c1-8-2-5-12(11(16)6-8)18-14-10-4-3-9(17)7-13(10)19-15(14)20/h2-7,14,18H,1H3,(H,19,20). The van der Waals surface area contributed by atoms with Crippen molar-refractivity contribution >= 4 is 28.9 Å². The lowest BCUT2D eigenvalue weighted by molar-refractivity contribution is -0.116. The molecule has 0 spiro atoms. The van der Waals surface area contributed by atoms with Crippen molar-refractivity contribution in [3.05, 3.63) is 58.4 Å². The van der Waals surface area contributed by atoms with Gasteiger partial charge in [0.15, 0.2) is 0 Å². The monoisotopic (exact) mass is 290 g/mol. The number of carbonyl (C=O) groups excluding carboxylic acids is 1. The van der Waals surface area contributed by atoms with Gasteiger partial charge in [-0.25, -0.2) is 4.39 Å². The van der Waals surface area contributed by atoms with Crippen LogP contribution in [0.1, 0.15) is 17.2 Å². The Kier molecular flexibility index (Phi) is 3.10. The summed E-state index contributed by atoms with van der Waals surface area (Å²) < 4.78 is 13.2. The Morgan fingerprint density at radius 3 is 2.80 bits per heavy atom. The van der Waals surface area contributed by atoms with E-state index in [-0.39, 0.29) is 11.7 Å². The molecule has 0 bridgehead atoms. The van der Waals surface area contributed by atoms with Crippen LogP contribution in [0.5, 0.6) is 0 Å². The van der Waals surface area contributed by atoms with E-state index in [2.05, 4.69) is 10.6 Å². The predicted molar refractivity (Wildman–Crippen MR) is 77.6 cm³/mol. The Morgan fingerprint density at radius 1 is 1.25 bits per heavy atom. The van der Waals surface area contributed by atoms with Crippen LogP contribution in [0.25, 0.3) is 0 Å². The number of amides is 1. The SMILES string of the molecule is Cc1ccc(NC2C(=O)Nc3cc(F)ccc32)c(Cl)c1. The Morgan fingerprint density at radius 2 is 2.05 bits per heavy atom. The zero-order valence-corrected chi connectivity index (χ0v) is 11.5. The summed E-state index contributed by atoms with van der Waals surface area (Å²) in [6.45, 7) is 1.94. The van der Waals surface area contributed by atoms with Crippen molar-refractivity contribution in [1.82, 2.24) is 0 Å². The molecule has 5 heteroatoms. The van der Waals surface area contributed by atoms with E-state index >= 15 is 0 Å². The fourth-order valence-electron chi connectivity index (χ4n) is 2.27. The summed E-state index contributed by atoms with van der Waals surface area (Å²) in [6, 6.07) is 9.24. The molecule has 0 radical (unpaired) electrons. The molecule has 1 aliphatic heterocycles. The highest BCUT2D eigenvalue weighted by Gasteiger charge is 2.31. The molecule has 1 aliphatic rings. The summed E-state index contributed by atoms with van der Waals surface area (Å²) in [5.74, 6) is -0.597. The Hall–Kier alpha value is -2.07. The number of anilines is 2. The molecular formula is C15H12ClFN2O. The average molecular weight is 291 g/mol. The van der Waals surface area contributed by atoms with Crippen molar-refractivity contribution in [2.45, 2.75) is 13.0 Å². The lowest BCUT2D eigenvalue weighted by atomic mass is 10.1. The maximum absolute atomic E-state index is 13.2. The van der Waals surface area contributed by atoms with Crippen LogP contribution < -0.4 is 10.6 Å². The summed E-state index contributed by atoms with van der Waals surface area (Å²) in [4.78, 5) is 12.0. The van der Waals surface area contributed by atoms with Crippen molar-refractivity contribution < 1.29 is 9.18 Å². The van der Waals surface area contributed by atoms with Crippen molar-refractivity contribution in [3.8, 4) is 0 Å². The first kappa shape index (κ1) is 12.9. The van der Waals surface area contributed by atoms with E-state index in [0.717, 1.165) is 5.56 Å². The third-order valence-electron chi connectivity index (χ3n) is 3.27. The largest absolute Gasteiger partial charge is 0.369 e. The third kappa shape index (κ3) is 2.23. The van der Waals surface area contributed by atoms with Crippen molar-refractivity contribution in [3.63, 3.8) is 0 Å². The number of hydrogen-bond donors (Lipinski definition) is 2. The second-order valence-electron chi connectivity index (χ2n) is 4.78. The summed E-state index contributed by atoms with van der Waals surface area (Å²) in [5, 5.41) is 6.30. The quantitative estimate of drug-likeness (QED) is 0.881. The zero-order valence-electron chi connectivity index (χ0n) is 10.7. The second kappa shape index (κ2) is 4.80. The summed E-state index contributed by atoms with van der Waals surface area (Å²) in [6.07, 6.45) is 0. The number of fused-ring (bicyclic) bond motifs is 1. The minimum absolute atomic E-state index is 0.220. The second-order valence-corrected chi connectivity index (χ2v) is 5.19. The van der Waals surface area contributed by atoms with Gasteiger partial charge >= 0.3 is 0 Å². The molecule has 3 nitrogen and oxygen atoms in total. The van der Waals surface area contributed by atoms with Crippen molar-refractivity contribution in [2.75, 3.05) is 10.6 Å². The van der Waals surface area contributed by atoms with Crippen LogP contribution >= 0.6 is 11.6 Å². The van der Waals surface area contributed by atoms with Gasteiger partial charge in [0.05, 0.1) is 10.7 Å². The first-order valence-electron chi connectivity index (χ1n) is 6.17. The number of aryl methyl sites for hydroxylation is 1. The molecule has 2 aromatic rings. The summed E-state index contributed by atoms with van der Waals surface area (Å²) in [7, 11) is 0. The summed E-state index contributed by atoms with van der Waals surface area (Å²) in [5.41, 5.74) is 2.93. The van der Waals surface area contributed by atoms with E-state index in [1.807, 2.05) is 25.1 Å². The number of carbonyl (C=O) groups is 1. The molecule has 1 unspecified atom stereocenters. The van der Waals surface area contributed by atoms with Gasteiger partial charge in [0.2, 0.25) is 0 Å². The van der Waals surface area contributed by atoms with Gasteiger partial charge in [0.1, 0.15) is 11.9 Å². The Labute approximate surface area is 120 Å². The van der Waals surface area contributed by atoms with Crippen molar-refractivity contribution in [2.24, 2.45) is 0 Å². The minimum atomic E-state index is -0.564. The van der Waals surface area contributed by atoms with E-state index in [9.17, 15) is 9.18 Å². The van der Waals surface area contributed by atoms with Gasteiger partial charge in [-0.2, -0.15) is 0 Å². The van der Waals surface area contributed by atoms with Crippen LogP contribution in [0.3, 0.4) is 0 Å². The fraction of sp³-hybridized carbons (Fsp3) is 0.133. The first-order valence-corrected chi connectivity index (χ1v) is 6.55. The van der Waals surface area contributed by atoms with Gasteiger partial charge in [-0.05, 0) is 36.8 Å². The average Bonchev–Trinajstić information content (AvgIpc) is 2.68. The topological polar surface area (TPSA) is 41.1 Å². The van der Waals surface area contributed by atoms with Crippen LogP contribution in [-0.2, 0) is 4.79 Å². The van der Waals surface area contributed by atoms with Gasteiger partial charge in [-0.15, -0.1) is 0 Å². The summed E-state index contributed by atoms with van der Waals surface area (Å²) >= 11 is 6.15. The van der Waals surface area contributed by atoms with Gasteiger partial charge in [0.25, 0.3) is 5.91 Å². The van der Waals surface area contributed by atoms with E-state index < -0.39 is 6.04 Å². The maximum Gasteiger partial charge on any atom is 0.251 e. The van der Waals surface area contributed by atoms with Crippen LogP contribution in [0.15, 0.2) is 36.4 Å². The molecule has 3 rings (SSSR count). The van der Waals surface area contributed by atoms with E-state index in [0.29, 0.717) is 22.0 Å². The lowest BCUT2D eigenvalue weighted by Gasteiger charge is -2.14. The van der Waals surface area contributed by atoms with Crippen LogP contribution in [0, 0.1) is 12.7 Å². The number of benzene rings is 2. The molecule has 1 amide bonds. The molecule has 0 aromatic heterocycles. The van der Waals surface area contributed by atoms with E-state index in [1.54, 1.807) is 6.07 Å². The number of hydrogen-bond acceptors (Lipinski definition) is 2. The number of rotatable bonds is 2. The molecule has 1 heterocycles. The van der Waals surface area contributed by atoms with Crippen LogP contribution in [0.2, 0.25) is 5.02 Å². The van der Waals surface area contributed by atoms with Gasteiger partial charge in [-0.1, -0.05) is 23.7 Å². The Bertz CT molecular complexity index is 702. The van der Waals surface area contributed by atoms with E-state index in [4.69, 9.17) is 11.6 Å². The molecular weight excluding hydrogens is 279 g/mol. The molecule has 0 aliphatic carbocycles. The van der Waals surface area contributed by atoms with Gasteiger partial charge in [-0.3, -0.25) is 4.79 Å². The zero-order chi connectivity index (χ0) is 14.3. The molecule has 102 valence electrons. The smallest absolute Gasteiger partial charge is 0.251 e. The first-order chi connectivity index (χ1) is 9.54. The molecule has 0 fully saturated rings. The van der Waals surface area contributed by atoms with Crippen molar-refractivity contribution in [1.29, 1.82) is 0 Å². The van der Waals surface area contributed by atoms with Gasteiger partial charge < -0.3 is 10.6 Å². The highest BCUT2D eigenvalue weighted by atomic mass is 35.5. The fourth-order valence-corrected chi connectivity index (χ4v) is 2.56. The molecule has 0 saturated carbocycles. The van der Waals surface area contributed by atoms with E-state index in [1.165, 1.54) is 12.1 Å². The van der Waals surface area contributed by atoms with Crippen LogP contribution in [-0.4, -0.2) is 5.91 Å². The molecule has 2 aromatic carbocycles. The normalized spacial score (nSPS) is 16.8. The molecule has 20 heavy (non-hydrogen) atoms.